The molecular formula is C28H33Cl3N4O. The number of carbonyl (C=O) groups excluding carboxylic acids is 1. The number of aromatic amines is 1. The number of rotatable bonds is 6. The number of hydrogen-bond acceptors (Lipinski definition) is 3. The number of hydrogen-bond donors (Lipinski definition) is 1. The predicted molar refractivity (Wildman–Crippen MR) is 151 cm³/mol. The maximum atomic E-state index is 12.6. The summed E-state index contributed by atoms with van der Waals surface area (Å²) in [6, 6.07) is 7.53. The van der Waals surface area contributed by atoms with Gasteiger partial charge in [-0.3, -0.25) is 9.78 Å². The Morgan fingerprint density at radius 1 is 1.06 bits per heavy atom. The number of benzene rings is 1. The average molecular weight is 548 g/mol. The second kappa shape index (κ2) is 12.5. The molecule has 0 saturated carbocycles. The van der Waals surface area contributed by atoms with E-state index in [9.17, 15) is 4.79 Å². The molecular weight excluding hydrogens is 515 g/mol. The molecule has 5 rings (SSSR count). The summed E-state index contributed by atoms with van der Waals surface area (Å²) in [5.74, 6) is 1.41. The highest BCUT2D eigenvalue weighted by molar-refractivity contribution is 6.42. The highest BCUT2D eigenvalue weighted by Crippen LogP contribution is 2.33. The van der Waals surface area contributed by atoms with Crippen LogP contribution in [0.25, 0.3) is 17.0 Å². The van der Waals surface area contributed by atoms with Gasteiger partial charge in [-0.1, -0.05) is 29.3 Å². The molecule has 0 bridgehead atoms. The lowest BCUT2D eigenvalue weighted by atomic mass is 9.88. The van der Waals surface area contributed by atoms with Crippen molar-refractivity contribution in [3.8, 4) is 0 Å². The highest BCUT2D eigenvalue weighted by Gasteiger charge is 2.25. The van der Waals surface area contributed by atoms with Gasteiger partial charge in [0.1, 0.15) is 0 Å². The summed E-state index contributed by atoms with van der Waals surface area (Å²) in [5, 5.41) is 2.35. The molecule has 0 spiro atoms. The van der Waals surface area contributed by atoms with E-state index < -0.39 is 0 Å². The van der Waals surface area contributed by atoms with Crippen LogP contribution in [-0.2, 0) is 4.79 Å². The van der Waals surface area contributed by atoms with E-state index in [1.165, 1.54) is 49.8 Å². The number of nitrogens with zero attached hydrogens (tertiary/aromatic N) is 3. The fourth-order valence-corrected chi connectivity index (χ4v) is 5.80. The molecule has 0 unspecified atom stereocenters. The molecule has 2 aliphatic rings. The molecule has 5 nitrogen and oxygen atoms in total. The van der Waals surface area contributed by atoms with Gasteiger partial charge in [-0.15, -0.1) is 12.4 Å². The predicted octanol–water partition coefficient (Wildman–Crippen LogP) is 6.81. The third kappa shape index (κ3) is 6.44. The zero-order valence-electron chi connectivity index (χ0n) is 20.3. The number of aromatic nitrogens is 2. The first kappa shape index (κ1) is 27.0. The number of carbonyl (C=O) groups is 1. The van der Waals surface area contributed by atoms with Gasteiger partial charge >= 0.3 is 0 Å². The summed E-state index contributed by atoms with van der Waals surface area (Å²) in [5.41, 5.74) is 3.47. The summed E-state index contributed by atoms with van der Waals surface area (Å²) in [7, 11) is 0. The molecule has 4 heterocycles. The van der Waals surface area contributed by atoms with Crippen molar-refractivity contribution in [1.82, 2.24) is 19.8 Å². The lowest BCUT2D eigenvalue weighted by Gasteiger charge is -2.35. The molecule has 192 valence electrons. The zero-order valence-corrected chi connectivity index (χ0v) is 22.7. The standard InChI is InChI=1S/C28H32Cl2N4O.ClH/c29-25-3-1-21(17-26(25)30)2-4-28(35)34-15-7-20(8-16-34)6-12-33-13-9-22(10-14-33)24-18-32-27-19-31-11-5-23(24)27;/h1-5,11,17-20,22,32H,6-10,12-16H2;1H/b4-2+;. The topological polar surface area (TPSA) is 52.2 Å². The maximum absolute atomic E-state index is 12.6. The van der Waals surface area contributed by atoms with Gasteiger partial charge in [-0.2, -0.15) is 0 Å². The first-order chi connectivity index (χ1) is 17.1. The minimum Gasteiger partial charge on any atom is -0.360 e. The van der Waals surface area contributed by atoms with Gasteiger partial charge in [0.15, 0.2) is 0 Å². The number of H-pyrrole nitrogens is 1. The smallest absolute Gasteiger partial charge is 0.246 e. The molecule has 1 aromatic carbocycles. The van der Waals surface area contributed by atoms with Crippen LogP contribution in [0.3, 0.4) is 0 Å². The van der Waals surface area contributed by atoms with Crippen LogP contribution in [-0.4, -0.2) is 58.4 Å². The Bertz CT molecular complexity index is 1190. The van der Waals surface area contributed by atoms with Crippen LogP contribution in [0.15, 0.2) is 48.9 Å². The van der Waals surface area contributed by atoms with Gasteiger partial charge in [-0.05, 0) is 99.0 Å². The molecule has 0 atom stereocenters. The molecule has 1 amide bonds. The fraction of sp³-hybridized carbons (Fsp3) is 0.429. The Hall–Kier alpha value is -2.05. The Kier molecular flexibility index (Phi) is 9.35. The van der Waals surface area contributed by atoms with Crippen LogP contribution < -0.4 is 0 Å². The van der Waals surface area contributed by atoms with Gasteiger partial charge in [0, 0.05) is 36.9 Å². The van der Waals surface area contributed by atoms with E-state index in [0.717, 1.165) is 37.0 Å². The van der Waals surface area contributed by atoms with Crippen molar-refractivity contribution < 1.29 is 4.79 Å². The van der Waals surface area contributed by atoms with Crippen molar-refractivity contribution in [1.29, 1.82) is 0 Å². The summed E-state index contributed by atoms with van der Waals surface area (Å²) >= 11 is 12.0. The average Bonchev–Trinajstić information content (AvgIpc) is 3.33. The summed E-state index contributed by atoms with van der Waals surface area (Å²) in [4.78, 5) is 24.8. The quantitative estimate of drug-likeness (QED) is 0.345. The number of fused-ring (bicyclic) bond motifs is 1. The number of nitrogens with one attached hydrogen (secondary N) is 1. The van der Waals surface area contributed by atoms with Crippen molar-refractivity contribution in [2.24, 2.45) is 5.92 Å². The number of halogens is 3. The second-order valence-electron chi connectivity index (χ2n) is 9.85. The van der Waals surface area contributed by atoms with E-state index in [0.29, 0.717) is 21.9 Å². The van der Waals surface area contributed by atoms with Gasteiger partial charge in [0.05, 0.1) is 21.8 Å². The number of likely N-dealkylation sites (tertiary alicyclic amines) is 2. The van der Waals surface area contributed by atoms with Crippen molar-refractivity contribution in [3.05, 3.63) is 70.1 Å². The van der Waals surface area contributed by atoms with Crippen LogP contribution in [0, 0.1) is 5.92 Å². The molecule has 2 aromatic heterocycles. The summed E-state index contributed by atoms with van der Waals surface area (Å²) in [6.45, 7) is 5.18. The lowest BCUT2D eigenvalue weighted by Crippen LogP contribution is -2.39. The van der Waals surface area contributed by atoms with Crippen LogP contribution in [0.5, 0.6) is 0 Å². The van der Waals surface area contributed by atoms with Gasteiger partial charge in [0.2, 0.25) is 5.91 Å². The van der Waals surface area contributed by atoms with E-state index >= 15 is 0 Å². The Labute approximate surface area is 229 Å². The van der Waals surface area contributed by atoms with E-state index in [4.69, 9.17) is 23.2 Å². The minimum absolute atomic E-state index is 0. The SMILES string of the molecule is Cl.O=C(/C=C/c1ccc(Cl)c(Cl)c1)N1CCC(CCN2CCC(c3c[nH]c4cnccc34)CC2)CC1. The van der Waals surface area contributed by atoms with E-state index in [1.807, 2.05) is 29.4 Å². The molecule has 8 heteroatoms. The summed E-state index contributed by atoms with van der Waals surface area (Å²) in [6.07, 6.45) is 15.3. The van der Waals surface area contributed by atoms with E-state index in [2.05, 4.69) is 27.1 Å². The zero-order chi connectivity index (χ0) is 24.2. The molecule has 2 saturated heterocycles. The summed E-state index contributed by atoms with van der Waals surface area (Å²) < 4.78 is 0. The van der Waals surface area contributed by atoms with Crippen LogP contribution in [0.2, 0.25) is 10.0 Å². The third-order valence-corrected chi connectivity index (χ3v) is 8.42. The van der Waals surface area contributed by atoms with Crippen LogP contribution >= 0.6 is 35.6 Å². The number of pyridine rings is 1. The molecule has 36 heavy (non-hydrogen) atoms. The lowest BCUT2D eigenvalue weighted by molar-refractivity contribution is -0.127. The number of amides is 1. The largest absolute Gasteiger partial charge is 0.360 e. The maximum Gasteiger partial charge on any atom is 0.246 e. The minimum atomic E-state index is 0. The number of piperidine rings is 2. The molecule has 0 radical (unpaired) electrons. The van der Waals surface area contributed by atoms with Gasteiger partial charge < -0.3 is 14.8 Å². The van der Waals surface area contributed by atoms with Crippen LogP contribution in [0.1, 0.15) is 49.1 Å². The molecule has 0 aliphatic carbocycles. The Balaban J connectivity index is 0.00000304. The van der Waals surface area contributed by atoms with E-state index in [-0.39, 0.29) is 18.3 Å². The third-order valence-electron chi connectivity index (χ3n) is 7.68. The van der Waals surface area contributed by atoms with Gasteiger partial charge in [-0.25, -0.2) is 0 Å². The molecule has 1 N–H and O–H groups in total. The monoisotopic (exact) mass is 546 g/mol. The Morgan fingerprint density at radius 3 is 2.58 bits per heavy atom. The molecule has 3 aromatic rings. The van der Waals surface area contributed by atoms with Crippen molar-refractivity contribution in [3.63, 3.8) is 0 Å². The van der Waals surface area contributed by atoms with Crippen LogP contribution in [0.4, 0.5) is 0 Å². The molecule has 2 aliphatic heterocycles. The first-order valence-corrected chi connectivity index (χ1v) is 13.4. The highest BCUT2D eigenvalue weighted by atomic mass is 35.5. The van der Waals surface area contributed by atoms with Crippen molar-refractivity contribution in [2.75, 3.05) is 32.7 Å². The van der Waals surface area contributed by atoms with E-state index in [1.54, 1.807) is 18.2 Å². The van der Waals surface area contributed by atoms with Gasteiger partial charge in [0.25, 0.3) is 0 Å². The normalized spacial score (nSPS) is 18.1. The van der Waals surface area contributed by atoms with Crippen molar-refractivity contribution >= 4 is 58.5 Å². The Morgan fingerprint density at radius 2 is 1.83 bits per heavy atom. The second-order valence-corrected chi connectivity index (χ2v) is 10.7. The fourth-order valence-electron chi connectivity index (χ4n) is 5.50. The van der Waals surface area contributed by atoms with Crippen molar-refractivity contribution in [2.45, 2.75) is 38.0 Å². The first-order valence-electron chi connectivity index (χ1n) is 12.6. The molecule has 2 fully saturated rings.